The summed E-state index contributed by atoms with van der Waals surface area (Å²) in [4.78, 5) is 26.9. The molecule has 0 unspecified atom stereocenters. The first-order chi connectivity index (χ1) is 12.0. The minimum Gasteiger partial charge on any atom is -0.417 e. The van der Waals surface area contributed by atoms with E-state index in [0.29, 0.717) is 17.3 Å². The largest absolute Gasteiger partial charge is 0.417 e. The van der Waals surface area contributed by atoms with Gasteiger partial charge in [-0.25, -0.2) is 4.79 Å². The molecule has 0 bridgehead atoms. The van der Waals surface area contributed by atoms with Gasteiger partial charge in [-0.2, -0.15) is 0 Å². The number of rotatable bonds is 4. The summed E-state index contributed by atoms with van der Waals surface area (Å²) >= 11 is 0. The minimum absolute atomic E-state index is 0.0216. The number of amides is 1. The zero-order valence-corrected chi connectivity index (χ0v) is 14.7. The van der Waals surface area contributed by atoms with Crippen LogP contribution in [0.15, 0.2) is 63.8 Å². The van der Waals surface area contributed by atoms with E-state index in [1.807, 2.05) is 63.2 Å². The van der Waals surface area contributed by atoms with Gasteiger partial charge in [-0.3, -0.25) is 4.79 Å². The molecule has 3 rings (SSSR count). The van der Waals surface area contributed by atoms with E-state index >= 15 is 0 Å². The lowest BCUT2D eigenvalue weighted by atomic mass is 10.1. The van der Waals surface area contributed by atoms with E-state index in [4.69, 9.17) is 4.42 Å². The Balaban J connectivity index is 1.98. The van der Waals surface area contributed by atoms with Gasteiger partial charge in [-0.15, -0.1) is 0 Å². The van der Waals surface area contributed by atoms with Crippen LogP contribution in [0.1, 0.15) is 35.5 Å². The fourth-order valence-electron chi connectivity index (χ4n) is 2.81. The summed E-state index contributed by atoms with van der Waals surface area (Å²) in [5.41, 5.74) is 1.53. The van der Waals surface area contributed by atoms with Crippen molar-refractivity contribution in [2.45, 2.75) is 33.4 Å². The molecule has 25 heavy (non-hydrogen) atoms. The molecule has 0 N–H and O–H groups in total. The quantitative estimate of drug-likeness (QED) is 0.719. The average Bonchev–Trinajstić information content (AvgIpc) is 2.60. The smallest absolute Gasteiger partial charge is 0.344 e. The highest BCUT2D eigenvalue weighted by Crippen LogP contribution is 2.17. The van der Waals surface area contributed by atoms with Gasteiger partial charge in [0.25, 0.3) is 5.91 Å². The van der Waals surface area contributed by atoms with Crippen molar-refractivity contribution in [3.05, 3.63) is 81.9 Å². The minimum atomic E-state index is -0.479. The van der Waals surface area contributed by atoms with Crippen molar-refractivity contribution in [2.24, 2.45) is 0 Å². The molecule has 0 saturated carbocycles. The van der Waals surface area contributed by atoms with Crippen LogP contribution >= 0.6 is 0 Å². The van der Waals surface area contributed by atoms with Crippen molar-refractivity contribution >= 4 is 16.7 Å². The van der Waals surface area contributed by atoms with Crippen molar-refractivity contribution in [3.63, 3.8) is 0 Å². The predicted molar refractivity (Wildman–Crippen MR) is 98.7 cm³/mol. The van der Waals surface area contributed by atoms with Crippen molar-refractivity contribution in [2.75, 3.05) is 0 Å². The maximum absolute atomic E-state index is 12.9. The highest BCUT2D eigenvalue weighted by molar-refractivity contribution is 5.95. The van der Waals surface area contributed by atoms with Crippen LogP contribution in [-0.4, -0.2) is 16.8 Å². The Morgan fingerprint density at radius 1 is 1.08 bits per heavy atom. The van der Waals surface area contributed by atoms with Crippen molar-refractivity contribution < 1.29 is 9.21 Å². The fourth-order valence-corrected chi connectivity index (χ4v) is 2.81. The van der Waals surface area contributed by atoms with Gasteiger partial charge >= 0.3 is 5.63 Å². The second-order valence-electron chi connectivity index (χ2n) is 6.50. The molecule has 0 aliphatic heterocycles. The molecule has 0 atom stereocenters. The molecule has 1 aromatic heterocycles. The molecular formula is C21H21NO3. The lowest BCUT2D eigenvalue weighted by molar-refractivity contribution is 0.0653. The lowest BCUT2D eigenvalue weighted by Gasteiger charge is -2.26. The van der Waals surface area contributed by atoms with E-state index in [1.54, 1.807) is 17.0 Å². The molecule has 4 nitrogen and oxygen atoms in total. The Hall–Kier alpha value is -2.88. The van der Waals surface area contributed by atoms with Gasteiger partial charge in [0.2, 0.25) is 0 Å². The second-order valence-corrected chi connectivity index (χ2v) is 6.50. The fraction of sp³-hybridized carbons (Fsp3) is 0.238. The Labute approximate surface area is 146 Å². The van der Waals surface area contributed by atoms with E-state index in [9.17, 15) is 9.59 Å². The number of nitrogens with zero attached hydrogens (tertiary/aromatic N) is 1. The number of benzene rings is 2. The number of carbonyl (C=O) groups excluding carboxylic acids is 1. The van der Waals surface area contributed by atoms with Crippen molar-refractivity contribution in [1.29, 1.82) is 0 Å². The van der Waals surface area contributed by atoms with Crippen LogP contribution in [0.4, 0.5) is 0 Å². The standard InChI is InChI=1S/C21H21NO3/c1-14(2)22(13-16-7-5-4-6-8-16)20(23)19-12-17-10-9-15(3)11-18(17)21(24)25-19/h4-12,14H,13H2,1-3H3. The number of hydrogen-bond acceptors (Lipinski definition) is 3. The Bertz CT molecular complexity index is 958. The second kappa shape index (κ2) is 6.93. The zero-order valence-electron chi connectivity index (χ0n) is 14.7. The van der Waals surface area contributed by atoms with E-state index in [0.717, 1.165) is 11.1 Å². The molecule has 1 heterocycles. The lowest BCUT2D eigenvalue weighted by Crippen LogP contribution is -2.36. The van der Waals surface area contributed by atoms with Crippen LogP contribution in [-0.2, 0) is 6.54 Å². The topological polar surface area (TPSA) is 50.5 Å². The molecule has 4 heteroatoms. The van der Waals surface area contributed by atoms with Crippen molar-refractivity contribution in [3.8, 4) is 0 Å². The highest BCUT2D eigenvalue weighted by Gasteiger charge is 2.22. The third-order valence-corrected chi connectivity index (χ3v) is 4.21. The molecule has 0 fully saturated rings. The van der Waals surface area contributed by atoms with E-state index in [1.165, 1.54) is 0 Å². The number of fused-ring (bicyclic) bond motifs is 1. The Morgan fingerprint density at radius 3 is 2.48 bits per heavy atom. The van der Waals surface area contributed by atoms with Gasteiger partial charge < -0.3 is 9.32 Å². The van der Waals surface area contributed by atoms with E-state index < -0.39 is 5.63 Å². The zero-order chi connectivity index (χ0) is 18.0. The van der Waals surface area contributed by atoms with Gasteiger partial charge in [0, 0.05) is 12.6 Å². The normalized spacial score (nSPS) is 11.0. The maximum atomic E-state index is 12.9. The molecule has 0 spiro atoms. The first-order valence-electron chi connectivity index (χ1n) is 8.35. The molecule has 3 aromatic rings. The average molecular weight is 335 g/mol. The van der Waals surface area contributed by atoms with Crippen LogP contribution < -0.4 is 5.63 Å². The van der Waals surface area contributed by atoms with Crippen LogP contribution in [0.25, 0.3) is 10.8 Å². The number of hydrogen-bond donors (Lipinski definition) is 0. The summed E-state index contributed by atoms with van der Waals surface area (Å²) in [5, 5.41) is 1.21. The van der Waals surface area contributed by atoms with Gasteiger partial charge in [-0.1, -0.05) is 48.0 Å². The SMILES string of the molecule is Cc1ccc2cc(C(=O)N(Cc3ccccc3)C(C)C)oc(=O)c2c1. The van der Waals surface area contributed by atoms with E-state index in [-0.39, 0.29) is 17.7 Å². The first-order valence-corrected chi connectivity index (χ1v) is 8.35. The summed E-state index contributed by atoms with van der Waals surface area (Å²) in [6, 6.07) is 16.9. The highest BCUT2D eigenvalue weighted by atomic mass is 16.4. The number of aryl methyl sites for hydroxylation is 1. The molecule has 0 aliphatic rings. The van der Waals surface area contributed by atoms with Crippen LogP contribution in [0.5, 0.6) is 0 Å². The molecule has 0 aliphatic carbocycles. The molecule has 2 aromatic carbocycles. The Kier molecular flexibility index (Phi) is 4.70. The molecule has 128 valence electrons. The summed E-state index contributed by atoms with van der Waals surface area (Å²) in [7, 11) is 0. The third kappa shape index (κ3) is 3.63. The van der Waals surface area contributed by atoms with Gasteiger partial charge in [0.1, 0.15) is 0 Å². The molecule has 1 amide bonds. The third-order valence-electron chi connectivity index (χ3n) is 4.21. The summed E-state index contributed by atoms with van der Waals surface area (Å²) in [6.07, 6.45) is 0. The van der Waals surface area contributed by atoms with Gasteiger partial charge in [-0.05, 0) is 43.9 Å². The molecule has 0 radical (unpaired) electrons. The van der Waals surface area contributed by atoms with Gasteiger partial charge in [0.05, 0.1) is 5.39 Å². The van der Waals surface area contributed by atoms with Crippen LogP contribution in [0.3, 0.4) is 0 Å². The summed E-state index contributed by atoms with van der Waals surface area (Å²) < 4.78 is 5.33. The summed E-state index contributed by atoms with van der Waals surface area (Å²) in [5.74, 6) is -0.204. The van der Waals surface area contributed by atoms with Crippen LogP contribution in [0.2, 0.25) is 0 Å². The maximum Gasteiger partial charge on any atom is 0.344 e. The summed E-state index contributed by atoms with van der Waals surface area (Å²) in [6.45, 7) is 6.28. The first kappa shape index (κ1) is 17.0. The number of carbonyl (C=O) groups is 1. The molecule has 0 saturated heterocycles. The van der Waals surface area contributed by atoms with Gasteiger partial charge in [0.15, 0.2) is 5.76 Å². The van der Waals surface area contributed by atoms with Crippen LogP contribution in [0, 0.1) is 6.92 Å². The Morgan fingerprint density at radius 2 is 1.80 bits per heavy atom. The monoisotopic (exact) mass is 335 g/mol. The predicted octanol–water partition coefficient (Wildman–Crippen LogP) is 4.15. The van der Waals surface area contributed by atoms with Crippen molar-refractivity contribution in [1.82, 2.24) is 4.90 Å². The molecular weight excluding hydrogens is 314 g/mol. The van der Waals surface area contributed by atoms with E-state index in [2.05, 4.69) is 0 Å².